The van der Waals surface area contributed by atoms with E-state index in [0.717, 1.165) is 18.9 Å². The van der Waals surface area contributed by atoms with Gasteiger partial charge in [0.05, 0.1) is 17.7 Å². The van der Waals surface area contributed by atoms with Crippen LogP contribution < -0.4 is 56.1 Å². The van der Waals surface area contributed by atoms with Crippen LogP contribution in [-0.4, -0.2) is 28.8 Å². The van der Waals surface area contributed by atoms with Gasteiger partial charge in [0.1, 0.15) is 5.75 Å². The zero-order valence-electron chi connectivity index (χ0n) is 17.1. The normalized spacial score (nSPS) is 10.2. The molecule has 0 atom stereocenters. The van der Waals surface area contributed by atoms with E-state index in [2.05, 4.69) is 6.92 Å². The average molecular weight is 391 g/mol. The number of unbranched alkanes of at least 4 members (excludes halogenated alkanes) is 9. The molecule has 0 spiro atoms. The van der Waals surface area contributed by atoms with Crippen LogP contribution in [0.2, 0.25) is 0 Å². The molecule has 2 N–H and O–H groups in total. The minimum absolute atomic E-state index is 0. The first-order valence-corrected chi connectivity index (χ1v) is 9.29. The zero-order chi connectivity index (χ0) is 18.5. The van der Waals surface area contributed by atoms with Gasteiger partial charge in [0, 0.05) is 0 Å². The van der Waals surface area contributed by atoms with Crippen molar-refractivity contribution in [3.8, 4) is 5.75 Å². The van der Waals surface area contributed by atoms with Gasteiger partial charge in [-0.2, -0.15) is 0 Å². The molecular formula is C20H31KO5. The number of aromatic carboxylic acids is 2. The first-order valence-electron chi connectivity index (χ1n) is 9.29. The average Bonchev–Trinajstić information content (AvgIpc) is 2.59. The quantitative estimate of drug-likeness (QED) is 0.377. The van der Waals surface area contributed by atoms with E-state index in [4.69, 9.17) is 14.9 Å². The van der Waals surface area contributed by atoms with Crippen molar-refractivity contribution in [2.75, 3.05) is 6.61 Å². The molecule has 0 heterocycles. The van der Waals surface area contributed by atoms with E-state index in [0.29, 0.717) is 12.4 Å². The number of carboxylic acids is 2. The third-order valence-corrected chi connectivity index (χ3v) is 4.17. The molecular weight excluding hydrogens is 359 g/mol. The van der Waals surface area contributed by atoms with Gasteiger partial charge in [-0.1, -0.05) is 64.7 Å². The summed E-state index contributed by atoms with van der Waals surface area (Å²) in [7, 11) is 0. The number of hydrogen-bond acceptors (Lipinski definition) is 3. The van der Waals surface area contributed by atoms with Crippen LogP contribution in [0.4, 0.5) is 0 Å². The predicted octanol–water partition coefficient (Wildman–Crippen LogP) is 2.50. The van der Waals surface area contributed by atoms with E-state index < -0.39 is 11.9 Å². The standard InChI is InChI=1S/C20H30O5.K.H/c1-2-3-4-5-6-7-8-9-10-11-12-25-18-14-16(19(21)22)13-17(15-18)20(23)24;;/h13-15H,2-12H2,1H3,(H,21,22)(H,23,24);;/q;+1;-1. The van der Waals surface area contributed by atoms with Gasteiger partial charge in [0.25, 0.3) is 0 Å². The number of rotatable bonds is 14. The molecule has 1 rings (SSSR count). The molecule has 5 nitrogen and oxygen atoms in total. The van der Waals surface area contributed by atoms with Gasteiger partial charge < -0.3 is 16.4 Å². The Balaban J connectivity index is 0. The summed E-state index contributed by atoms with van der Waals surface area (Å²) in [4.78, 5) is 22.1. The number of carbonyl (C=O) groups is 2. The van der Waals surface area contributed by atoms with Crippen LogP contribution >= 0.6 is 0 Å². The van der Waals surface area contributed by atoms with E-state index in [1.807, 2.05) is 0 Å². The van der Waals surface area contributed by atoms with Crippen LogP contribution in [0.1, 0.15) is 93.3 Å². The van der Waals surface area contributed by atoms with Crippen molar-refractivity contribution < 1.29 is 77.4 Å². The van der Waals surface area contributed by atoms with Crippen LogP contribution in [0.15, 0.2) is 18.2 Å². The van der Waals surface area contributed by atoms with Crippen molar-refractivity contribution in [3.63, 3.8) is 0 Å². The van der Waals surface area contributed by atoms with E-state index in [1.165, 1.54) is 63.5 Å². The largest absolute Gasteiger partial charge is 1.00 e. The van der Waals surface area contributed by atoms with Gasteiger partial charge in [-0.05, 0) is 24.6 Å². The van der Waals surface area contributed by atoms with E-state index in [9.17, 15) is 9.59 Å². The van der Waals surface area contributed by atoms with Gasteiger partial charge in [-0.3, -0.25) is 0 Å². The molecule has 0 radical (unpaired) electrons. The van der Waals surface area contributed by atoms with Crippen LogP contribution in [0.5, 0.6) is 5.75 Å². The van der Waals surface area contributed by atoms with Crippen molar-refractivity contribution in [2.24, 2.45) is 0 Å². The topological polar surface area (TPSA) is 83.8 Å². The van der Waals surface area contributed by atoms with E-state index in [-0.39, 0.29) is 63.9 Å². The molecule has 0 aliphatic rings. The van der Waals surface area contributed by atoms with Gasteiger partial charge in [-0.15, -0.1) is 0 Å². The third-order valence-electron chi connectivity index (χ3n) is 4.17. The molecule has 0 unspecified atom stereocenters. The summed E-state index contributed by atoms with van der Waals surface area (Å²) in [6.45, 7) is 2.70. The van der Waals surface area contributed by atoms with Crippen LogP contribution in [-0.2, 0) is 0 Å². The Kier molecular flexibility index (Phi) is 15.4. The minimum atomic E-state index is -1.16. The van der Waals surface area contributed by atoms with Crippen molar-refractivity contribution >= 4 is 11.9 Å². The Morgan fingerprint density at radius 2 is 1.23 bits per heavy atom. The minimum Gasteiger partial charge on any atom is -1.00 e. The van der Waals surface area contributed by atoms with Crippen LogP contribution in [0, 0.1) is 0 Å². The number of hydrogen-bond donors (Lipinski definition) is 2. The van der Waals surface area contributed by atoms with Crippen molar-refractivity contribution in [2.45, 2.75) is 71.1 Å². The molecule has 0 bridgehead atoms. The van der Waals surface area contributed by atoms with Gasteiger partial charge >= 0.3 is 63.3 Å². The Morgan fingerprint density at radius 3 is 1.65 bits per heavy atom. The maximum Gasteiger partial charge on any atom is 1.00 e. The SMILES string of the molecule is CCCCCCCCCCCCOc1cc(C(=O)O)cc(C(=O)O)c1.[H-].[K+]. The monoisotopic (exact) mass is 390 g/mol. The second kappa shape index (κ2) is 15.6. The Morgan fingerprint density at radius 1 is 0.808 bits per heavy atom. The summed E-state index contributed by atoms with van der Waals surface area (Å²) in [5.41, 5.74) is -0.143. The van der Waals surface area contributed by atoms with Crippen LogP contribution in [0.25, 0.3) is 0 Å². The van der Waals surface area contributed by atoms with Gasteiger partial charge in [-0.25, -0.2) is 9.59 Å². The maximum absolute atomic E-state index is 11.0. The maximum atomic E-state index is 11.0. The Labute approximate surface area is 200 Å². The fourth-order valence-electron chi connectivity index (χ4n) is 2.71. The number of carboxylic acid groups (broad SMARTS) is 2. The van der Waals surface area contributed by atoms with Crippen LogP contribution in [0.3, 0.4) is 0 Å². The smallest absolute Gasteiger partial charge is 1.00 e. The summed E-state index contributed by atoms with van der Waals surface area (Å²) in [5.74, 6) is -2.02. The zero-order valence-corrected chi connectivity index (χ0v) is 19.3. The summed E-state index contributed by atoms with van der Waals surface area (Å²) in [6, 6.07) is 3.87. The second-order valence-electron chi connectivity index (χ2n) is 6.39. The van der Waals surface area contributed by atoms with E-state index >= 15 is 0 Å². The summed E-state index contributed by atoms with van der Waals surface area (Å²) in [6.07, 6.45) is 12.3. The second-order valence-corrected chi connectivity index (χ2v) is 6.39. The molecule has 0 aromatic heterocycles. The third kappa shape index (κ3) is 11.3. The van der Waals surface area contributed by atoms with Crippen molar-refractivity contribution in [1.82, 2.24) is 0 Å². The van der Waals surface area contributed by atoms with Crippen molar-refractivity contribution in [1.29, 1.82) is 0 Å². The molecule has 0 saturated carbocycles. The van der Waals surface area contributed by atoms with Gasteiger partial charge in [0.15, 0.2) is 0 Å². The molecule has 142 valence electrons. The number of ether oxygens (including phenoxy) is 1. The molecule has 26 heavy (non-hydrogen) atoms. The molecule has 0 aliphatic heterocycles. The molecule has 1 aromatic carbocycles. The predicted molar refractivity (Wildman–Crippen MR) is 98.8 cm³/mol. The van der Waals surface area contributed by atoms with E-state index in [1.54, 1.807) is 0 Å². The summed E-state index contributed by atoms with van der Waals surface area (Å²) < 4.78 is 5.53. The Bertz CT molecular complexity index is 519. The first kappa shape index (κ1) is 25.6. The van der Waals surface area contributed by atoms with Gasteiger partial charge in [0.2, 0.25) is 0 Å². The Hall–Kier alpha value is -0.404. The molecule has 6 heteroatoms. The fourth-order valence-corrected chi connectivity index (χ4v) is 2.71. The molecule has 0 saturated heterocycles. The summed E-state index contributed by atoms with van der Waals surface area (Å²) in [5, 5.41) is 18.1. The van der Waals surface area contributed by atoms with Crippen molar-refractivity contribution in [3.05, 3.63) is 29.3 Å². The molecule has 0 amide bonds. The number of benzene rings is 1. The molecule has 1 aromatic rings. The summed E-state index contributed by atoms with van der Waals surface area (Å²) >= 11 is 0. The molecule has 0 fully saturated rings. The fraction of sp³-hybridized carbons (Fsp3) is 0.600. The molecule has 0 aliphatic carbocycles. The first-order chi connectivity index (χ1) is 12.0.